The van der Waals surface area contributed by atoms with E-state index in [1.165, 1.54) is 12.1 Å². The number of hydrogen-bond acceptors (Lipinski definition) is 4. The SMILES string of the molecule is CCNC(=NCC(O)COc1cccc(C(F)(F)F)c1)N(C)CC1CCOC1.I. The molecule has 166 valence electrons. The molecule has 1 aliphatic rings. The van der Waals surface area contributed by atoms with Crippen molar-refractivity contribution in [2.45, 2.75) is 25.6 Å². The van der Waals surface area contributed by atoms with E-state index in [0.29, 0.717) is 18.4 Å². The standard InChI is InChI=1S/C19H28F3N3O3.HI/c1-3-23-18(25(2)11-14-7-8-27-12-14)24-10-16(26)13-28-17-6-4-5-15(9-17)19(20,21)22;/h4-6,9,14,16,26H,3,7-8,10-13H2,1-2H3,(H,23,24);1H. The summed E-state index contributed by atoms with van der Waals surface area (Å²) in [6.07, 6.45) is -4.36. The third-order valence-electron chi connectivity index (χ3n) is 4.31. The summed E-state index contributed by atoms with van der Waals surface area (Å²) in [4.78, 5) is 6.39. The Morgan fingerprint density at radius 3 is 2.83 bits per heavy atom. The molecule has 29 heavy (non-hydrogen) atoms. The first-order valence-electron chi connectivity index (χ1n) is 9.35. The minimum Gasteiger partial charge on any atom is -0.491 e. The lowest BCUT2D eigenvalue weighted by Crippen LogP contribution is -2.42. The Morgan fingerprint density at radius 1 is 1.45 bits per heavy atom. The monoisotopic (exact) mass is 531 g/mol. The van der Waals surface area contributed by atoms with Crippen LogP contribution in [0, 0.1) is 5.92 Å². The van der Waals surface area contributed by atoms with E-state index in [-0.39, 0.29) is 42.9 Å². The molecule has 0 aromatic heterocycles. The Hall–Kier alpha value is -1.27. The van der Waals surface area contributed by atoms with Crippen LogP contribution in [0.1, 0.15) is 18.9 Å². The molecule has 2 rings (SSSR count). The van der Waals surface area contributed by atoms with Crippen LogP contribution >= 0.6 is 24.0 Å². The van der Waals surface area contributed by atoms with E-state index < -0.39 is 17.8 Å². The number of nitrogens with zero attached hydrogens (tertiary/aromatic N) is 2. The molecule has 10 heteroatoms. The Kier molecular flexibility index (Phi) is 11.0. The highest BCUT2D eigenvalue weighted by Crippen LogP contribution is 2.31. The van der Waals surface area contributed by atoms with Gasteiger partial charge in [0.1, 0.15) is 18.5 Å². The maximum absolute atomic E-state index is 12.7. The maximum Gasteiger partial charge on any atom is 0.416 e. The Bertz CT molecular complexity index is 641. The van der Waals surface area contributed by atoms with Crippen LogP contribution in [-0.4, -0.2) is 68.6 Å². The zero-order valence-corrected chi connectivity index (χ0v) is 18.9. The summed E-state index contributed by atoms with van der Waals surface area (Å²) >= 11 is 0. The molecule has 1 aromatic rings. The molecule has 6 nitrogen and oxygen atoms in total. The predicted octanol–water partition coefficient (Wildman–Crippen LogP) is 3.00. The molecule has 2 N–H and O–H groups in total. The number of rotatable bonds is 8. The van der Waals surface area contributed by atoms with Gasteiger partial charge in [-0.25, -0.2) is 0 Å². The summed E-state index contributed by atoms with van der Waals surface area (Å²) in [5.41, 5.74) is -0.788. The van der Waals surface area contributed by atoms with Crippen molar-refractivity contribution in [3.8, 4) is 5.75 Å². The zero-order chi connectivity index (χ0) is 20.6. The quantitative estimate of drug-likeness (QED) is 0.307. The number of guanidine groups is 1. The fourth-order valence-electron chi connectivity index (χ4n) is 2.87. The van der Waals surface area contributed by atoms with Gasteiger partial charge in [-0.2, -0.15) is 13.2 Å². The van der Waals surface area contributed by atoms with E-state index in [0.717, 1.165) is 38.3 Å². The van der Waals surface area contributed by atoms with Gasteiger partial charge in [0.15, 0.2) is 5.96 Å². The molecule has 0 bridgehead atoms. The Labute approximate surface area is 186 Å². The summed E-state index contributed by atoms with van der Waals surface area (Å²) < 4.78 is 48.9. The first-order valence-corrected chi connectivity index (χ1v) is 9.35. The van der Waals surface area contributed by atoms with Crippen LogP contribution in [-0.2, 0) is 10.9 Å². The number of aliphatic hydroxyl groups excluding tert-OH is 1. The molecule has 2 unspecified atom stereocenters. The van der Waals surface area contributed by atoms with Crippen molar-refractivity contribution in [2.75, 3.05) is 46.5 Å². The van der Waals surface area contributed by atoms with Gasteiger partial charge in [0.05, 0.1) is 18.7 Å². The van der Waals surface area contributed by atoms with Crippen molar-refractivity contribution in [2.24, 2.45) is 10.9 Å². The number of aliphatic hydroxyl groups is 1. The molecule has 0 aliphatic carbocycles. The summed E-state index contributed by atoms with van der Waals surface area (Å²) in [5, 5.41) is 13.3. The smallest absolute Gasteiger partial charge is 0.416 e. The number of benzene rings is 1. The zero-order valence-electron chi connectivity index (χ0n) is 16.6. The van der Waals surface area contributed by atoms with Crippen LogP contribution in [0.15, 0.2) is 29.3 Å². The molecule has 1 saturated heterocycles. The van der Waals surface area contributed by atoms with Gasteiger partial charge >= 0.3 is 6.18 Å². The molecule has 0 spiro atoms. The van der Waals surface area contributed by atoms with Crippen molar-refractivity contribution < 1.29 is 27.8 Å². The number of aliphatic imine (C=N–C) groups is 1. The number of ether oxygens (including phenoxy) is 2. The van der Waals surface area contributed by atoms with Gasteiger partial charge in [-0.1, -0.05) is 6.07 Å². The summed E-state index contributed by atoms with van der Waals surface area (Å²) in [7, 11) is 1.92. The lowest BCUT2D eigenvalue weighted by molar-refractivity contribution is -0.137. The van der Waals surface area contributed by atoms with Crippen molar-refractivity contribution in [1.29, 1.82) is 0 Å². The van der Waals surface area contributed by atoms with E-state index in [2.05, 4.69) is 10.3 Å². The Morgan fingerprint density at radius 2 is 2.21 bits per heavy atom. The lowest BCUT2D eigenvalue weighted by Gasteiger charge is -2.24. The lowest BCUT2D eigenvalue weighted by atomic mass is 10.1. The third kappa shape index (κ3) is 8.95. The minimum absolute atomic E-state index is 0. The number of alkyl halides is 3. The molecule has 1 aliphatic heterocycles. The van der Waals surface area contributed by atoms with Gasteiger partial charge in [0, 0.05) is 32.7 Å². The second kappa shape index (κ2) is 12.4. The van der Waals surface area contributed by atoms with Crippen LogP contribution in [0.25, 0.3) is 0 Å². The number of hydrogen-bond donors (Lipinski definition) is 2. The van der Waals surface area contributed by atoms with E-state index in [4.69, 9.17) is 9.47 Å². The van der Waals surface area contributed by atoms with Crippen LogP contribution in [0.5, 0.6) is 5.75 Å². The van der Waals surface area contributed by atoms with Crippen LogP contribution in [0.2, 0.25) is 0 Å². The van der Waals surface area contributed by atoms with Gasteiger partial charge in [-0.15, -0.1) is 24.0 Å². The van der Waals surface area contributed by atoms with Crippen LogP contribution in [0.4, 0.5) is 13.2 Å². The average molecular weight is 531 g/mol. The summed E-state index contributed by atoms with van der Waals surface area (Å²) in [6, 6.07) is 4.58. The van der Waals surface area contributed by atoms with Gasteiger partial charge < -0.3 is 24.8 Å². The molecule has 1 fully saturated rings. The number of nitrogens with one attached hydrogen (secondary N) is 1. The summed E-state index contributed by atoms with van der Waals surface area (Å²) in [5.74, 6) is 1.17. The highest BCUT2D eigenvalue weighted by Gasteiger charge is 2.30. The predicted molar refractivity (Wildman–Crippen MR) is 116 cm³/mol. The Balaban J connectivity index is 0.00000420. The highest BCUT2D eigenvalue weighted by atomic mass is 127. The maximum atomic E-state index is 12.7. The second-order valence-electron chi connectivity index (χ2n) is 6.80. The minimum atomic E-state index is -4.43. The fraction of sp³-hybridized carbons (Fsp3) is 0.632. The fourth-order valence-corrected chi connectivity index (χ4v) is 2.87. The van der Waals surface area contributed by atoms with Gasteiger partial charge in [-0.3, -0.25) is 4.99 Å². The van der Waals surface area contributed by atoms with Gasteiger partial charge in [-0.05, 0) is 31.5 Å². The molecule has 0 saturated carbocycles. The molecule has 0 amide bonds. The molecular formula is C19H29F3IN3O3. The summed E-state index contributed by atoms with van der Waals surface area (Å²) in [6.45, 7) is 4.87. The van der Waals surface area contributed by atoms with E-state index in [1.54, 1.807) is 0 Å². The average Bonchev–Trinajstić information content (AvgIpc) is 3.16. The van der Waals surface area contributed by atoms with Crippen molar-refractivity contribution in [3.63, 3.8) is 0 Å². The van der Waals surface area contributed by atoms with Crippen molar-refractivity contribution in [1.82, 2.24) is 10.2 Å². The van der Waals surface area contributed by atoms with Crippen molar-refractivity contribution >= 4 is 29.9 Å². The van der Waals surface area contributed by atoms with E-state index in [9.17, 15) is 18.3 Å². The topological polar surface area (TPSA) is 66.3 Å². The highest BCUT2D eigenvalue weighted by molar-refractivity contribution is 14.0. The first kappa shape index (κ1) is 25.8. The van der Waals surface area contributed by atoms with Gasteiger partial charge in [0.2, 0.25) is 0 Å². The molecule has 2 atom stereocenters. The van der Waals surface area contributed by atoms with E-state index in [1.807, 2.05) is 18.9 Å². The second-order valence-corrected chi connectivity index (χ2v) is 6.80. The normalized spacial score (nSPS) is 18.1. The molecular weight excluding hydrogens is 502 g/mol. The largest absolute Gasteiger partial charge is 0.491 e. The van der Waals surface area contributed by atoms with Crippen molar-refractivity contribution in [3.05, 3.63) is 29.8 Å². The third-order valence-corrected chi connectivity index (χ3v) is 4.31. The van der Waals surface area contributed by atoms with Crippen LogP contribution in [0.3, 0.4) is 0 Å². The first-order chi connectivity index (χ1) is 13.3. The number of halogens is 4. The van der Waals surface area contributed by atoms with Gasteiger partial charge in [0.25, 0.3) is 0 Å². The molecule has 0 radical (unpaired) electrons. The molecule has 1 heterocycles. The van der Waals surface area contributed by atoms with E-state index >= 15 is 0 Å². The molecule has 1 aromatic carbocycles. The van der Waals surface area contributed by atoms with Crippen LogP contribution < -0.4 is 10.1 Å².